The number of carboxylic acid groups (broad SMARTS) is 2. The molecule has 1 fully saturated rings. The summed E-state index contributed by atoms with van der Waals surface area (Å²) in [6.07, 6.45) is 7.27. The van der Waals surface area contributed by atoms with Crippen LogP contribution in [-0.2, 0) is 19.2 Å². The lowest BCUT2D eigenvalue weighted by molar-refractivity contribution is -0.139. The van der Waals surface area contributed by atoms with Gasteiger partial charge in [-0.3, -0.25) is 9.59 Å². The van der Waals surface area contributed by atoms with Crippen molar-refractivity contribution in [2.75, 3.05) is 6.54 Å². The minimum atomic E-state index is -1.19. The lowest BCUT2D eigenvalue weighted by Crippen LogP contribution is -2.51. The number of ketones is 1. The second kappa shape index (κ2) is 19.9. The smallest absolute Gasteiger partial charge is 0.326 e. The monoisotopic (exact) mass is 625 g/mol. The Kier molecular flexibility index (Phi) is 18.4. The summed E-state index contributed by atoms with van der Waals surface area (Å²) in [5.41, 5.74) is -0.661. The van der Waals surface area contributed by atoms with Gasteiger partial charge >= 0.3 is 18.0 Å². The van der Waals surface area contributed by atoms with Crippen molar-refractivity contribution in [3.05, 3.63) is 12.4 Å². The van der Waals surface area contributed by atoms with Gasteiger partial charge in [0.25, 0.3) is 0 Å². The fourth-order valence-electron chi connectivity index (χ4n) is 4.39. The molecule has 12 heteroatoms. The van der Waals surface area contributed by atoms with Gasteiger partial charge in [-0.05, 0) is 45.4 Å². The molecule has 1 saturated heterocycles. The normalized spacial score (nSPS) is 17.6. The van der Waals surface area contributed by atoms with Crippen LogP contribution in [0.15, 0.2) is 12.4 Å². The molecule has 1 aliphatic rings. The first-order chi connectivity index (χ1) is 20.3. The molecule has 0 aromatic heterocycles. The zero-order chi connectivity index (χ0) is 34.1. The van der Waals surface area contributed by atoms with Crippen molar-refractivity contribution < 1.29 is 34.2 Å². The van der Waals surface area contributed by atoms with E-state index in [1.165, 1.54) is 6.42 Å². The van der Waals surface area contributed by atoms with E-state index in [0.717, 1.165) is 31.5 Å². The van der Waals surface area contributed by atoms with E-state index in [4.69, 9.17) is 5.11 Å². The maximum absolute atomic E-state index is 11.8. The molecular weight excluding hydrogens is 566 g/mol. The van der Waals surface area contributed by atoms with Crippen LogP contribution in [0.3, 0.4) is 0 Å². The summed E-state index contributed by atoms with van der Waals surface area (Å²) >= 11 is 0. The van der Waals surface area contributed by atoms with Gasteiger partial charge in [0.15, 0.2) is 0 Å². The highest BCUT2D eigenvalue weighted by molar-refractivity contribution is 5.86. The maximum atomic E-state index is 11.8. The summed E-state index contributed by atoms with van der Waals surface area (Å²) in [6.45, 7) is 19.7. The third-order valence-corrected chi connectivity index (χ3v) is 7.29. The number of hydrogen-bond donors (Lipinski definition) is 7. The molecule has 3 amide bonds. The third kappa shape index (κ3) is 17.7. The Bertz CT molecular complexity index is 956. The van der Waals surface area contributed by atoms with Gasteiger partial charge in [-0.1, -0.05) is 74.3 Å². The summed E-state index contributed by atoms with van der Waals surface area (Å²) in [5.74, 6) is -1.12. The first-order valence-corrected chi connectivity index (χ1v) is 15.9. The molecule has 0 aromatic rings. The Balaban J connectivity index is 0.000000895. The van der Waals surface area contributed by atoms with Crippen molar-refractivity contribution in [2.45, 2.75) is 144 Å². The molecule has 1 rings (SSSR count). The number of hydrogen-bond acceptors (Lipinski definition) is 7. The van der Waals surface area contributed by atoms with Gasteiger partial charge in [-0.15, -0.1) is 0 Å². The number of urea groups is 1. The van der Waals surface area contributed by atoms with Crippen LogP contribution in [0, 0.1) is 10.8 Å². The van der Waals surface area contributed by atoms with Gasteiger partial charge in [0.1, 0.15) is 17.9 Å². The van der Waals surface area contributed by atoms with Crippen LogP contribution in [0.2, 0.25) is 0 Å². The molecule has 0 saturated carbocycles. The van der Waals surface area contributed by atoms with Crippen molar-refractivity contribution in [2.24, 2.45) is 10.8 Å². The van der Waals surface area contributed by atoms with E-state index in [1.807, 2.05) is 20.8 Å². The number of rotatable bonds is 17. The topological polar surface area (TPSA) is 186 Å². The van der Waals surface area contributed by atoms with Crippen LogP contribution >= 0.6 is 0 Å². The Morgan fingerprint density at radius 3 is 1.84 bits per heavy atom. The molecule has 12 nitrogen and oxygen atoms in total. The molecule has 0 bridgehead atoms. The minimum Gasteiger partial charge on any atom is -0.480 e. The van der Waals surface area contributed by atoms with Crippen LogP contribution < -0.4 is 26.6 Å². The van der Waals surface area contributed by atoms with Crippen LogP contribution in [0.4, 0.5) is 4.79 Å². The fraction of sp³-hybridized carbons (Fsp3) is 0.781. The van der Waals surface area contributed by atoms with E-state index in [2.05, 4.69) is 40.1 Å². The second-order valence-corrected chi connectivity index (χ2v) is 13.6. The molecule has 7 N–H and O–H groups in total. The number of amides is 3. The first-order valence-electron chi connectivity index (χ1n) is 15.9. The van der Waals surface area contributed by atoms with Gasteiger partial charge in [-0.25, -0.2) is 14.4 Å². The van der Waals surface area contributed by atoms with Crippen molar-refractivity contribution in [3.8, 4) is 0 Å². The zero-order valence-electron chi connectivity index (χ0n) is 28.2. The van der Waals surface area contributed by atoms with Crippen LogP contribution in [0.5, 0.6) is 0 Å². The van der Waals surface area contributed by atoms with E-state index in [9.17, 15) is 29.1 Å². The molecule has 0 aliphatic carbocycles. The van der Waals surface area contributed by atoms with Gasteiger partial charge < -0.3 is 36.8 Å². The minimum absolute atomic E-state index is 0.0829. The van der Waals surface area contributed by atoms with Crippen molar-refractivity contribution >= 4 is 29.7 Å². The summed E-state index contributed by atoms with van der Waals surface area (Å²) in [4.78, 5) is 57.6. The molecule has 0 spiro atoms. The third-order valence-electron chi connectivity index (χ3n) is 7.29. The van der Waals surface area contributed by atoms with E-state index >= 15 is 0 Å². The second-order valence-electron chi connectivity index (χ2n) is 13.6. The quantitative estimate of drug-likeness (QED) is 0.116. The maximum Gasteiger partial charge on any atom is 0.326 e. The molecule has 0 radical (unpaired) electrons. The van der Waals surface area contributed by atoms with Gasteiger partial charge in [0.2, 0.25) is 5.91 Å². The standard InChI is InChI=1S/C17H31N3O6.C15H28N2O/c1-5-8-11(13(21)22)19-16(26)20-12(14(23)24)9-6-7-10-18-15(25)17(2,3)4;1-11-13(17-12(2)16-11)9-7-6-8-10-14(18)15(3,4)5/h11-12H,5-10H2,1-4H3,(H,18,25)(H,21,22)(H,23,24)(H2,19,20,26);11,13,16-17H,2,6-10H2,1,3-5H3. The molecule has 4 atom stereocenters. The predicted octanol–water partition coefficient (Wildman–Crippen LogP) is 4.30. The summed E-state index contributed by atoms with van der Waals surface area (Å²) in [5, 5.41) is 32.2. The molecule has 1 aliphatic heterocycles. The molecule has 1 heterocycles. The highest BCUT2D eigenvalue weighted by Crippen LogP contribution is 2.20. The summed E-state index contributed by atoms with van der Waals surface area (Å²) < 4.78 is 0. The molecule has 4 unspecified atom stereocenters. The highest BCUT2D eigenvalue weighted by Gasteiger charge is 2.25. The van der Waals surface area contributed by atoms with Gasteiger partial charge in [0.05, 0.1) is 5.82 Å². The number of unbranched alkanes of at least 4 members (excludes halogenated alkanes) is 3. The number of carbonyl (C=O) groups is 5. The van der Waals surface area contributed by atoms with Crippen molar-refractivity contribution in [1.29, 1.82) is 0 Å². The van der Waals surface area contributed by atoms with Crippen molar-refractivity contribution in [3.63, 3.8) is 0 Å². The summed E-state index contributed by atoms with van der Waals surface area (Å²) in [6, 6.07) is -2.03. The first kappa shape index (κ1) is 40.7. The van der Waals surface area contributed by atoms with Gasteiger partial charge in [-0.2, -0.15) is 0 Å². The molecule has 0 aromatic carbocycles. The lowest BCUT2D eigenvalue weighted by Gasteiger charge is -2.19. The summed E-state index contributed by atoms with van der Waals surface area (Å²) in [7, 11) is 0. The van der Waals surface area contributed by atoms with Crippen LogP contribution in [0.1, 0.15) is 120 Å². The van der Waals surface area contributed by atoms with E-state index < -0.39 is 35.5 Å². The largest absolute Gasteiger partial charge is 0.480 e. The van der Waals surface area contributed by atoms with Crippen molar-refractivity contribution in [1.82, 2.24) is 26.6 Å². The lowest BCUT2D eigenvalue weighted by atomic mass is 9.87. The predicted molar refractivity (Wildman–Crippen MR) is 172 cm³/mol. The average molecular weight is 626 g/mol. The number of carboxylic acids is 2. The molecule has 254 valence electrons. The molecular formula is C32H59N5O7. The Hall–Kier alpha value is -3.31. The average Bonchev–Trinajstić information content (AvgIpc) is 3.22. The Morgan fingerprint density at radius 1 is 0.818 bits per heavy atom. The van der Waals surface area contributed by atoms with E-state index in [-0.39, 0.29) is 24.2 Å². The Labute approximate surface area is 264 Å². The van der Waals surface area contributed by atoms with Gasteiger partial charge in [0, 0.05) is 35.9 Å². The van der Waals surface area contributed by atoms with E-state index in [1.54, 1.807) is 27.7 Å². The number of nitrogens with one attached hydrogen (secondary N) is 5. The van der Waals surface area contributed by atoms with Crippen LogP contribution in [-0.4, -0.2) is 70.6 Å². The molecule has 44 heavy (non-hydrogen) atoms. The van der Waals surface area contributed by atoms with E-state index in [0.29, 0.717) is 43.7 Å². The number of aliphatic carboxylic acids is 2. The highest BCUT2D eigenvalue weighted by atomic mass is 16.4. The zero-order valence-corrected chi connectivity index (χ0v) is 28.2. The van der Waals surface area contributed by atoms with Crippen LogP contribution in [0.25, 0.3) is 0 Å². The fourth-order valence-corrected chi connectivity index (χ4v) is 4.39. The number of carbonyl (C=O) groups excluding carboxylic acids is 3. The number of Topliss-reactive ketones (excluding diaryl/α,β-unsaturated/α-hetero) is 1. The Morgan fingerprint density at radius 2 is 1.39 bits per heavy atom. The SMILES string of the molecule is C=C1NC(C)C(CCCCCC(=O)C(C)(C)C)N1.CCCC(NC(=O)NC(CCCCNC(=O)C(C)(C)C)C(=O)O)C(=O)O.